The summed E-state index contributed by atoms with van der Waals surface area (Å²) in [6, 6.07) is 23.4. The zero-order chi connectivity index (χ0) is 18.2. The predicted octanol–water partition coefficient (Wildman–Crippen LogP) is 5.27. The molecule has 3 aromatic carbocycles. The van der Waals surface area contributed by atoms with Crippen molar-refractivity contribution in [1.82, 2.24) is 9.88 Å². The molecule has 5 rings (SSSR count). The number of hydrogen-bond donors (Lipinski definition) is 0. The number of benzene rings is 3. The minimum atomic E-state index is 0.0866. The Labute approximate surface area is 162 Å². The van der Waals surface area contributed by atoms with E-state index >= 15 is 0 Å². The van der Waals surface area contributed by atoms with Crippen LogP contribution < -0.4 is 0 Å². The van der Waals surface area contributed by atoms with Crippen LogP contribution in [0.4, 0.5) is 0 Å². The molecular weight excluding hydrogens is 352 g/mol. The first kappa shape index (κ1) is 16.5. The predicted molar refractivity (Wildman–Crippen MR) is 110 cm³/mol. The van der Waals surface area contributed by atoms with Gasteiger partial charge in [0.05, 0.1) is 15.2 Å². The zero-order valence-electron chi connectivity index (χ0n) is 14.9. The van der Waals surface area contributed by atoms with Crippen molar-refractivity contribution in [3.05, 3.63) is 77.3 Å². The molecule has 2 heterocycles. The number of likely N-dealkylation sites (tertiary alicyclic amines) is 1. The maximum atomic E-state index is 12.9. The van der Waals surface area contributed by atoms with Gasteiger partial charge in [0.1, 0.15) is 0 Å². The zero-order valence-corrected chi connectivity index (χ0v) is 15.7. The fourth-order valence-corrected chi connectivity index (χ4v) is 4.95. The highest BCUT2D eigenvalue weighted by Crippen LogP contribution is 2.34. The lowest BCUT2D eigenvalue weighted by molar-refractivity contribution is 0.0713. The monoisotopic (exact) mass is 371 g/mol. The average molecular weight is 371 g/mol. The van der Waals surface area contributed by atoms with Gasteiger partial charge in [0.15, 0.2) is 0 Å². The van der Waals surface area contributed by atoms with Crippen molar-refractivity contribution in [2.45, 2.75) is 18.8 Å². The Balaban J connectivity index is 1.31. The summed E-state index contributed by atoms with van der Waals surface area (Å²) < 4.78 is 1.25. The lowest BCUT2D eigenvalue weighted by Gasteiger charge is -2.31. The van der Waals surface area contributed by atoms with Gasteiger partial charge in [0, 0.05) is 24.6 Å². The third-order valence-corrected chi connectivity index (χ3v) is 6.55. The summed E-state index contributed by atoms with van der Waals surface area (Å²) in [6.07, 6.45) is 1.94. The van der Waals surface area contributed by atoms with Crippen molar-refractivity contribution >= 4 is 38.2 Å². The molecule has 0 bridgehead atoms. The van der Waals surface area contributed by atoms with Crippen LogP contribution in [-0.2, 0) is 0 Å². The minimum Gasteiger partial charge on any atom is -0.339 e. The normalized spacial score (nSPS) is 15.5. The number of fused-ring (bicyclic) bond motifs is 2. The summed E-state index contributed by atoms with van der Waals surface area (Å²) in [7, 11) is 0. The molecule has 1 aliphatic heterocycles. The molecule has 1 aromatic heterocycles. The number of carbonyl (C=O) groups excluding carboxylic acids is 1. The molecule has 1 amide bonds. The van der Waals surface area contributed by atoms with Gasteiger partial charge in [-0.2, -0.15) is 0 Å². The van der Waals surface area contributed by atoms with Gasteiger partial charge in [-0.15, -0.1) is 11.3 Å². The Morgan fingerprint density at radius 1 is 1.04 bits per heavy atom. The molecule has 0 aliphatic carbocycles. The van der Waals surface area contributed by atoms with Gasteiger partial charge in [-0.05, 0) is 53.9 Å². The molecule has 1 aliphatic rings. The van der Waals surface area contributed by atoms with E-state index in [0.717, 1.165) is 42.2 Å². The van der Waals surface area contributed by atoms with Gasteiger partial charge in [0.2, 0.25) is 0 Å². The maximum Gasteiger partial charge on any atom is 0.254 e. The van der Waals surface area contributed by atoms with Crippen molar-refractivity contribution < 1.29 is 4.79 Å². The van der Waals surface area contributed by atoms with Crippen LogP contribution in [0.15, 0.2) is 60.7 Å². The quantitative estimate of drug-likeness (QED) is 0.481. The van der Waals surface area contributed by atoms with Gasteiger partial charge in [-0.25, -0.2) is 4.98 Å². The maximum absolute atomic E-state index is 12.9. The molecular formula is C23H19N2OS. The van der Waals surface area contributed by atoms with E-state index in [-0.39, 0.29) is 5.91 Å². The fraction of sp³-hybridized carbons (Fsp3) is 0.217. The number of nitrogens with zero attached hydrogens (tertiary/aromatic N) is 2. The van der Waals surface area contributed by atoms with Gasteiger partial charge >= 0.3 is 0 Å². The van der Waals surface area contributed by atoms with E-state index in [1.165, 1.54) is 9.71 Å². The fourth-order valence-electron chi connectivity index (χ4n) is 3.81. The Kier molecular flexibility index (Phi) is 4.13. The molecule has 1 fully saturated rings. The van der Waals surface area contributed by atoms with Gasteiger partial charge < -0.3 is 4.90 Å². The van der Waals surface area contributed by atoms with E-state index in [1.807, 2.05) is 47.4 Å². The largest absolute Gasteiger partial charge is 0.339 e. The molecule has 0 spiro atoms. The summed E-state index contributed by atoms with van der Waals surface area (Å²) in [4.78, 5) is 19.7. The highest BCUT2D eigenvalue weighted by molar-refractivity contribution is 7.18. The SMILES string of the molecule is O=C(c1[c]cc2ccccc2c1)N1CCC(c2nc3ccccc3s2)CC1. The van der Waals surface area contributed by atoms with Crippen LogP contribution in [0.5, 0.6) is 0 Å². The van der Waals surface area contributed by atoms with Crippen LogP contribution in [0.2, 0.25) is 0 Å². The van der Waals surface area contributed by atoms with Crippen molar-refractivity contribution in [2.24, 2.45) is 0 Å². The molecule has 3 nitrogen and oxygen atoms in total. The van der Waals surface area contributed by atoms with Crippen LogP contribution in [0.3, 0.4) is 0 Å². The third kappa shape index (κ3) is 3.10. The summed E-state index contributed by atoms with van der Waals surface area (Å²) >= 11 is 1.79. The van der Waals surface area contributed by atoms with E-state index < -0.39 is 0 Å². The first-order valence-electron chi connectivity index (χ1n) is 9.33. The number of amides is 1. The van der Waals surface area contributed by atoms with E-state index in [4.69, 9.17) is 4.98 Å². The molecule has 0 N–H and O–H groups in total. The van der Waals surface area contributed by atoms with Gasteiger partial charge in [-0.3, -0.25) is 4.79 Å². The molecule has 1 saturated heterocycles. The van der Waals surface area contributed by atoms with E-state index in [0.29, 0.717) is 11.5 Å². The Bertz CT molecular complexity index is 1090. The summed E-state index contributed by atoms with van der Waals surface area (Å²) in [5.74, 6) is 0.538. The van der Waals surface area contributed by atoms with Crippen molar-refractivity contribution in [2.75, 3.05) is 13.1 Å². The molecule has 4 heteroatoms. The van der Waals surface area contributed by atoms with Crippen molar-refractivity contribution in [3.8, 4) is 0 Å². The van der Waals surface area contributed by atoms with Crippen molar-refractivity contribution in [1.29, 1.82) is 0 Å². The third-order valence-electron chi connectivity index (χ3n) is 5.35. The topological polar surface area (TPSA) is 33.2 Å². The van der Waals surface area contributed by atoms with Crippen LogP contribution in [-0.4, -0.2) is 28.9 Å². The van der Waals surface area contributed by atoms with Crippen molar-refractivity contribution in [3.63, 3.8) is 0 Å². The number of aromatic nitrogens is 1. The summed E-state index contributed by atoms with van der Waals surface area (Å²) in [6.45, 7) is 1.56. The number of piperidine rings is 1. The lowest BCUT2D eigenvalue weighted by Crippen LogP contribution is -2.37. The van der Waals surface area contributed by atoms with E-state index in [1.54, 1.807) is 11.3 Å². The highest BCUT2D eigenvalue weighted by Gasteiger charge is 2.26. The first-order chi connectivity index (χ1) is 13.3. The smallest absolute Gasteiger partial charge is 0.254 e. The summed E-state index contributed by atoms with van der Waals surface area (Å²) in [5, 5.41) is 3.41. The Morgan fingerprint density at radius 3 is 2.59 bits per heavy atom. The Hall–Kier alpha value is -2.72. The van der Waals surface area contributed by atoms with E-state index in [2.05, 4.69) is 24.3 Å². The first-order valence-corrected chi connectivity index (χ1v) is 10.1. The van der Waals surface area contributed by atoms with Crippen LogP contribution in [0, 0.1) is 6.07 Å². The van der Waals surface area contributed by atoms with Crippen LogP contribution in [0.1, 0.15) is 34.1 Å². The Morgan fingerprint density at radius 2 is 1.78 bits per heavy atom. The molecule has 27 heavy (non-hydrogen) atoms. The van der Waals surface area contributed by atoms with Gasteiger partial charge in [0.25, 0.3) is 5.91 Å². The summed E-state index contributed by atoms with van der Waals surface area (Å²) in [5.41, 5.74) is 1.74. The molecule has 0 unspecified atom stereocenters. The number of carbonyl (C=O) groups is 1. The highest BCUT2D eigenvalue weighted by atomic mass is 32.1. The molecule has 4 aromatic rings. The number of hydrogen-bond acceptors (Lipinski definition) is 3. The van der Waals surface area contributed by atoms with Crippen LogP contribution >= 0.6 is 11.3 Å². The second-order valence-corrected chi connectivity index (χ2v) is 8.12. The second-order valence-electron chi connectivity index (χ2n) is 7.06. The molecule has 0 atom stereocenters. The van der Waals surface area contributed by atoms with E-state index in [9.17, 15) is 4.79 Å². The number of thiazole rings is 1. The standard InChI is InChI=1S/C23H19N2OS/c26-23(19-10-9-16-5-1-2-6-18(16)15-19)25-13-11-17(12-14-25)22-24-20-7-3-4-8-21(20)27-22/h1-9,15,17H,11-14H2. The average Bonchev–Trinajstić information content (AvgIpc) is 3.17. The van der Waals surface area contributed by atoms with Crippen LogP contribution in [0.25, 0.3) is 21.0 Å². The lowest BCUT2D eigenvalue weighted by atomic mass is 9.96. The molecule has 0 saturated carbocycles. The van der Waals surface area contributed by atoms with Gasteiger partial charge in [-0.1, -0.05) is 36.4 Å². The minimum absolute atomic E-state index is 0.0866. The number of para-hydroxylation sites is 1. The molecule has 1 radical (unpaired) electrons. The second kappa shape index (κ2) is 6.78. The number of rotatable bonds is 2. The molecule has 133 valence electrons.